The Balaban J connectivity index is 1.82. The van der Waals surface area contributed by atoms with E-state index in [2.05, 4.69) is 5.32 Å². The van der Waals surface area contributed by atoms with E-state index in [9.17, 15) is 24.9 Å². The Hall–Kier alpha value is -2.08. The second-order valence-electron chi connectivity index (χ2n) is 10.3. The van der Waals surface area contributed by atoms with E-state index in [0.29, 0.717) is 37.1 Å². The maximum atomic E-state index is 12.9. The van der Waals surface area contributed by atoms with E-state index in [1.54, 1.807) is 43.1 Å². The minimum atomic E-state index is -1.12. The van der Waals surface area contributed by atoms with Crippen molar-refractivity contribution in [3.63, 3.8) is 0 Å². The summed E-state index contributed by atoms with van der Waals surface area (Å²) >= 11 is 0. The minimum absolute atomic E-state index is 0.0296. The fourth-order valence-electron chi connectivity index (χ4n) is 4.78. The van der Waals surface area contributed by atoms with Gasteiger partial charge in [-0.1, -0.05) is 13.0 Å². The highest BCUT2D eigenvalue weighted by Gasteiger charge is 2.41. The Morgan fingerprint density at radius 2 is 1.83 bits per heavy atom. The van der Waals surface area contributed by atoms with Crippen LogP contribution in [0, 0.1) is 5.92 Å². The average Bonchev–Trinajstić information content (AvgIpc) is 2.83. The Bertz CT molecular complexity index is 898. The van der Waals surface area contributed by atoms with Gasteiger partial charge in [0.2, 0.25) is 5.91 Å². The fraction of sp³-hybridized carbons (Fsp3) is 0.692. The van der Waals surface area contributed by atoms with Crippen molar-refractivity contribution in [3.8, 4) is 0 Å². The van der Waals surface area contributed by atoms with E-state index in [-0.39, 0.29) is 24.5 Å². The summed E-state index contributed by atoms with van der Waals surface area (Å²) < 4.78 is 12.0. The summed E-state index contributed by atoms with van der Waals surface area (Å²) in [6.07, 6.45) is -3.75. The second kappa shape index (κ2) is 12.4. The summed E-state index contributed by atoms with van der Waals surface area (Å²) in [7, 11) is 5.44. The van der Waals surface area contributed by atoms with Gasteiger partial charge in [-0.2, -0.15) is 0 Å². The van der Waals surface area contributed by atoms with Crippen LogP contribution in [0.4, 0.5) is 5.69 Å². The highest BCUT2D eigenvalue weighted by atomic mass is 16.7. The molecule has 1 fully saturated rings. The zero-order valence-electron chi connectivity index (χ0n) is 21.8. The molecule has 0 aliphatic carbocycles. The molecule has 0 saturated carbocycles. The Kier molecular flexibility index (Phi) is 9.85. The molecule has 8 atom stereocenters. The van der Waals surface area contributed by atoms with Crippen LogP contribution in [0.2, 0.25) is 0 Å². The van der Waals surface area contributed by atoms with Crippen LogP contribution in [0.3, 0.4) is 0 Å². The zero-order valence-corrected chi connectivity index (χ0v) is 21.8. The second-order valence-corrected chi connectivity index (χ2v) is 10.3. The third-order valence-corrected chi connectivity index (χ3v) is 7.20. The lowest BCUT2D eigenvalue weighted by atomic mass is 9.94. The third-order valence-electron chi connectivity index (χ3n) is 7.20. The van der Waals surface area contributed by atoms with Gasteiger partial charge in [-0.3, -0.25) is 9.59 Å². The number of amides is 2. The molecule has 0 aromatic heterocycles. The molecule has 0 radical (unpaired) electrons. The van der Waals surface area contributed by atoms with Gasteiger partial charge in [0, 0.05) is 37.3 Å². The van der Waals surface area contributed by atoms with Crippen LogP contribution in [-0.4, -0.2) is 107 Å². The van der Waals surface area contributed by atoms with E-state index in [4.69, 9.17) is 9.47 Å². The molecule has 2 amide bonds. The third kappa shape index (κ3) is 7.02. The normalized spacial score (nSPS) is 35.2. The number of carbonyl (C=O) groups excluding carboxylic acids is 2. The number of benzene rings is 1. The number of aliphatic hydroxyl groups excluding tert-OH is 3. The van der Waals surface area contributed by atoms with Crippen molar-refractivity contribution in [1.82, 2.24) is 9.80 Å². The minimum Gasteiger partial charge on any atom is -0.392 e. The summed E-state index contributed by atoms with van der Waals surface area (Å²) in [6.45, 7) is 3.90. The van der Waals surface area contributed by atoms with E-state index in [1.807, 2.05) is 25.9 Å². The number of nitrogens with one attached hydrogen (secondary N) is 1. The van der Waals surface area contributed by atoms with Crippen LogP contribution in [0.5, 0.6) is 0 Å². The van der Waals surface area contributed by atoms with Crippen LogP contribution in [0.25, 0.3) is 0 Å². The van der Waals surface area contributed by atoms with Crippen molar-refractivity contribution in [2.75, 3.05) is 33.0 Å². The summed E-state index contributed by atoms with van der Waals surface area (Å²) in [5.74, 6) is -1.43. The SMILES string of the molecule is C[C@@H]1C[C@H](N(C)C)[C@@H](O)[C@H](O[C@@H]2C[C@H](O)[C@@H](C)C(=O)Nc3cccc(c3)C(=O)N(C)CCC[C@H]2O)O1. The van der Waals surface area contributed by atoms with Crippen molar-refractivity contribution < 1.29 is 34.4 Å². The molecule has 1 aromatic rings. The Labute approximate surface area is 213 Å². The van der Waals surface area contributed by atoms with Crippen LogP contribution >= 0.6 is 0 Å². The van der Waals surface area contributed by atoms with E-state index in [0.717, 1.165) is 0 Å². The van der Waals surface area contributed by atoms with Gasteiger partial charge in [0.1, 0.15) is 6.10 Å². The topological polar surface area (TPSA) is 132 Å². The Morgan fingerprint density at radius 3 is 2.53 bits per heavy atom. The molecule has 10 heteroatoms. The number of likely N-dealkylation sites (N-methyl/N-ethyl adjacent to an activating group) is 1. The molecule has 2 aliphatic rings. The van der Waals surface area contributed by atoms with Gasteiger partial charge in [0.05, 0.1) is 30.3 Å². The molecule has 2 heterocycles. The molecule has 36 heavy (non-hydrogen) atoms. The number of aliphatic hydroxyl groups is 3. The molecule has 2 aliphatic heterocycles. The van der Waals surface area contributed by atoms with Gasteiger partial charge in [-0.15, -0.1) is 0 Å². The average molecular weight is 508 g/mol. The molecule has 1 saturated heterocycles. The summed E-state index contributed by atoms with van der Waals surface area (Å²) in [5.41, 5.74) is 0.900. The van der Waals surface area contributed by atoms with Crippen LogP contribution in [0.1, 0.15) is 49.9 Å². The number of nitrogens with zero attached hydrogens (tertiary/aromatic N) is 2. The molecule has 0 spiro atoms. The van der Waals surface area contributed by atoms with Crippen molar-refractivity contribution >= 4 is 17.5 Å². The molecule has 10 nitrogen and oxygen atoms in total. The first-order valence-corrected chi connectivity index (χ1v) is 12.7. The van der Waals surface area contributed by atoms with Crippen molar-refractivity contribution in [1.29, 1.82) is 0 Å². The first-order chi connectivity index (χ1) is 17.0. The van der Waals surface area contributed by atoms with Crippen molar-refractivity contribution in [2.45, 2.75) is 82.4 Å². The van der Waals surface area contributed by atoms with Crippen LogP contribution < -0.4 is 5.32 Å². The lowest BCUT2D eigenvalue weighted by Crippen LogP contribution is -2.55. The maximum Gasteiger partial charge on any atom is 0.253 e. The number of rotatable bonds is 3. The molecule has 1 aromatic carbocycles. The summed E-state index contributed by atoms with van der Waals surface area (Å²) in [6, 6.07) is 6.48. The van der Waals surface area contributed by atoms with Gasteiger partial charge >= 0.3 is 0 Å². The number of carbonyl (C=O) groups is 2. The molecular weight excluding hydrogens is 466 g/mol. The van der Waals surface area contributed by atoms with Crippen LogP contribution in [0.15, 0.2) is 24.3 Å². The lowest BCUT2D eigenvalue weighted by molar-refractivity contribution is -0.280. The first kappa shape index (κ1) is 28.5. The Morgan fingerprint density at radius 1 is 1.11 bits per heavy atom. The number of fused-ring (bicyclic) bond motifs is 2. The molecular formula is C26H41N3O7. The van der Waals surface area contributed by atoms with Gasteiger partial charge in [0.25, 0.3) is 5.91 Å². The smallest absolute Gasteiger partial charge is 0.253 e. The number of ether oxygens (including phenoxy) is 2. The summed E-state index contributed by atoms with van der Waals surface area (Å²) in [5, 5.41) is 35.6. The predicted molar refractivity (Wildman–Crippen MR) is 134 cm³/mol. The number of hydrogen-bond donors (Lipinski definition) is 4. The zero-order chi connectivity index (χ0) is 26.6. The van der Waals surface area contributed by atoms with Gasteiger partial charge < -0.3 is 39.9 Å². The monoisotopic (exact) mass is 507 g/mol. The van der Waals surface area contributed by atoms with Crippen molar-refractivity contribution in [2.24, 2.45) is 5.92 Å². The fourth-order valence-corrected chi connectivity index (χ4v) is 4.78. The molecule has 4 N–H and O–H groups in total. The first-order valence-electron chi connectivity index (χ1n) is 12.7. The lowest BCUT2D eigenvalue weighted by Gasteiger charge is -2.42. The number of anilines is 1. The maximum absolute atomic E-state index is 12.9. The highest BCUT2D eigenvalue weighted by molar-refractivity contribution is 5.97. The largest absolute Gasteiger partial charge is 0.392 e. The molecule has 3 rings (SSSR count). The van der Waals surface area contributed by atoms with Crippen LogP contribution in [-0.2, 0) is 14.3 Å². The standard InChI is InChI=1S/C26H41N3O7/c1-15-12-19(28(3)4)23(32)26(35-15)36-22-14-21(31)16(2)24(33)27-18-9-6-8-17(13-18)25(34)29(5)11-7-10-20(22)30/h6,8-9,13,15-16,19-23,26,30-32H,7,10-12,14H2,1-5H3,(H,27,33)/t15-,16-,19+,20-,21+,22-,23-,26+/m1/s1. The van der Waals surface area contributed by atoms with Gasteiger partial charge in [-0.25, -0.2) is 0 Å². The molecule has 2 bridgehead atoms. The quantitative estimate of drug-likeness (QED) is 0.478. The molecule has 0 unspecified atom stereocenters. The van der Waals surface area contributed by atoms with E-state index >= 15 is 0 Å². The summed E-state index contributed by atoms with van der Waals surface area (Å²) in [4.78, 5) is 29.2. The van der Waals surface area contributed by atoms with Crippen molar-refractivity contribution in [3.05, 3.63) is 29.8 Å². The predicted octanol–water partition coefficient (Wildman–Crippen LogP) is 1.05. The van der Waals surface area contributed by atoms with E-state index < -0.39 is 42.5 Å². The van der Waals surface area contributed by atoms with E-state index in [1.165, 1.54) is 0 Å². The van der Waals surface area contributed by atoms with Gasteiger partial charge in [-0.05, 0) is 58.5 Å². The number of hydrogen-bond acceptors (Lipinski definition) is 8. The molecule has 202 valence electrons. The highest BCUT2D eigenvalue weighted by Crippen LogP contribution is 2.28. The van der Waals surface area contributed by atoms with Gasteiger partial charge in [0.15, 0.2) is 6.29 Å².